The minimum absolute atomic E-state index is 0.0556. The van der Waals surface area contributed by atoms with Crippen LogP contribution in [-0.2, 0) is 9.53 Å². The summed E-state index contributed by atoms with van der Waals surface area (Å²) in [5.41, 5.74) is 1.18. The Kier molecular flexibility index (Phi) is 5.96. The van der Waals surface area contributed by atoms with Gasteiger partial charge in [0.2, 0.25) is 0 Å². The van der Waals surface area contributed by atoms with Gasteiger partial charge in [-0.15, -0.1) is 0 Å². The van der Waals surface area contributed by atoms with Crippen LogP contribution >= 0.6 is 23.2 Å². The fourth-order valence-corrected chi connectivity index (χ4v) is 3.10. The lowest BCUT2D eigenvalue weighted by atomic mass is 10.2. The van der Waals surface area contributed by atoms with E-state index in [1.807, 2.05) is 24.3 Å². The summed E-state index contributed by atoms with van der Waals surface area (Å²) in [7, 11) is 0. The molecule has 1 aromatic carbocycles. The lowest BCUT2D eigenvalue weighted by Crippen LogP contribution is -2.49. The van der Waals surface area contributed by atoms with Crippen molar-refractivity contribution in [3.05, 3.63) is 58.3 Å². The first-order valence-corrected chi connectivity index (χ1v) is 8.86. The quantitative estimate of drug-likeness (QED) is 0.590. The predicted molar refractivity (Wildman–Crippen MR) is 99.8 cm³/mol. The monoisotopic (exact) mass is 393 g/mol. The second kappa shape index (κ2) is 8.38. The Balaban J connectivity index is 1.49. The number of piperazine rings is 1. The van der Waals surface area contributed by atoms with Crippen molar-refractivity contribution < 1.29 is 14.3 Å². The van der Waals surface area contributed by atoms with Gasteiger partial charge in [0.1, 0.15) is 5.15 Å². The first kappa shape index (κ1) is 18.5. The Morgan fingerprint density at radius 1 is 1.08 bits per heavy atom. The van der Waals surface area contributed by atoms with Gasteiger partial charge in [0, 0.05) is 43.1 Å². The van der Waals surface area contributed by atoms with Crippen LogP contribution in [0, 0.1) is 0 Å². The molecule has 6 nitrogen and oxygen atoms in total. The van der Waals surface area contributed by atoms with E-state index < -0.39 is 5.97 Å². The van der Waals surface area contributed by atoms with Gasteiger partial charge in [0.05, 0.1) is 5.56 Å². The summed E-state index contributed by atoms with van der Waals surface area (Å²) < 4.78 is 5.07. The molecule has 1 saturated heterocycles. The number of carbonyl (C=O) groups is 2. The average Bonchev–Trinajstić information content (AvgIpc) is 2.66. The molecule has 1 fully saturated rings. The van der Waals surface area contributed by atoms with E-state index in [0.29, 0.717) is 31.2 Å². The fourth-order valence-electron chi connectivity index (χ4n) is 2.72. The van der Waals surface area contributed by atoms with Crippen molar-refractivity contribution in [2.24, 2.45) is 0 Å². The molecule has 0 spiro atoms. The number of amides is 1. The van der Waals surface area contributed by atoms with Crippen molar-refractivity contribution in [1.29, 1.82) is 0 Å². The minimum Gasteiger partial charge on any atom is -0.452 e. The molecular weight excluding hydrogens is 377 g/mol. The lowest BCUT2D eigenvalue weighted by molar-refractivity contribution is -0.134. The maximum atomic E-state index is 12.3. The number of aromatic nitrogens is 1. The zero-order valence-corrected chi connectivity index (χ0v) is 15.4. The number of carbonyl (C=O) groups excluding carboxylic acids is 2. The molecular formula is C18H17Cl2N3O3. The minimum atomic E-state index is -0.658. The Morgan fingerprint density at radius 3 is 2.54 bits per heavy atom. The summed E-state index contributed by atoms with van der Waals surface area (Å²) in [6, 6.07) is 10.7. The normalized spacial score (nSPS) is 14.2. The van der Waals surface area contributed by atoms with Gasteiger partial charge >= 0.3 is 5.97 Å². The zero-order chi connectivity index (χ0) is 18.5. The van der Waals surface area contributed by atoms with E-state index in [4.69, 9.17) is 27.9 Å². The van der Waals surface area contributed by atoms with Gasteiger partial charge in [-0.3, -0.25) is 4.79 Å². The zero-order valence-electron chi connectivity index (χ0n) is 13.9. The molecule has 0 aliphatic carbocycles. The lowest BCUT2D eigenvalue weighted by Gasteiger charge is -2.36. The second-order valence-electron chi connectivity index (χ2n) is 5.77. The molecule has 1 aromatic heterocycles. The maximum Gasteiger partial charge on any atom is 0.341 e. The average molecular weight is 394 g/mol. The van der Waals surface area contributed by atoms with Crippen LogP contribution in [-0.4, -0.2) is 54.5 Å². The number of benzene rings is 1. The molecule has 3 rings (SSSR count). The molecule has 1 aliphatic rings. The molecule has 8 heteroatoms. The third-order valence-corrected chi connectivity index (χ3v) is 4.65. The number of nitrogens with zero attached hydrogens (tertiary/aromatic N) is 3. The highest BCUT2D eigenvalue weighted by Gasteiger charge is 2.23. The van der Waals surface area contributed by atoms with Crippen molar-refractivity contribution in [3.8, 4) is 0 Å². The summed E-state index contributed by atoms with van der Waals surface area (Å²) in [5, 5.41) is 0.738. The van der Waals surface area contributed by atoms with Gasteiger partial charge in [-0.2, -0.15) is 0 Å². The fraction of sp³-hybridized carbons (Fsp3) is 0.278. The molecule has 0 unspecified atom stereocenters. The molecule has 1 amide bonds. The number of hydrogen-bond donors (Lipinski definition) is 0. The number of anilines is 1. The summed E-state index contributed by atoms with van der Waals surface area (Å²) in [6.07, 6.45) is 1.48. The highest BCUT2D eigenvalue weighted by Crippen LogP contribution is 2.21. The standard InChI is InChI=1S/C18H17Cl2N3O3/c19-13-3-1-4-14(11-13)22-7-9-23(10-8-22)16(24)12-26-18(25)15-5-2-6-21-17(15)20/h1-6,11H,7-10,12H2. The van der Waals surface area contributed by atoms with Crippen LogP contribution in [0.1, 0.15) is 10.4 Å². The number of halogens is 2. The van der Waals surface area contributed by atoms with Crippen molar-refractivity contribution in [1.82, 2.24) is 9.88 Å². The van der Waals surface area contributed by atoms with Crippen molar-refractivity contribution >= 4 is 40.8 Å². The van der Waals surface area contributed by atoms with Crippen molar-refractivity contribution in [3.63, 3.8) is 0 Å². The molecule has 0 atom stereocenters. The summed E-state index contributed by atoms with van der Waals surface area (Å²) in [6.45, 7) is 2.16. The highest BCUT2D eigenvalue weighted by molar-refractivity contribution is 6.32. The number of esters is 1. The SMILES string of the molecule is O=C(OCC(=O)N1CCN(c2cccc(Cl)c2)CC1)c1cccnc1Cl. The maximum absolute atomic E-state index is 12.3. The van der Waals surface area contributed by atoms with Crippen LogP contribution < -0.4 is 4.90 Å². The first-order chi connectivity index (χ1) is 12.5. The molecule has 0 N–H and O–H groups in total. The van der Waals surface area contributed by atoms with Crippen LogP contribution in [0.2, 0.25) is 10.2 Å². The first-order valence-electron chi connectivity index (χ1n) is 8.10. The van der Waals surface area contributed by atoms with Crippen LogP contribution in [0.5, 0.6) is 0 Å². The van der Waals surface area contributed by atoms with Crippen molar-refractivity contribution in [2.45, 2.75) is 0 Å². The molecule has 26 heavy (non-hydrogen) atoms. The van der Waals surface area contributed by atoms with E-state index in [1.54, 1.807) is 11.0 Å². The van der Waals surface area contributed by atoms with Gasteiger partial charge in [0.25, 0.3) is 5.91 Å². The molecule has 0 radical (unpaired) electrons. The topological polar surface area (TPSA) is 62.7 Å². The Labute approximate surface area is 161 Å². The number of hydrogen-bond acceptors (Lipinski definition) is 5. The largest absolute Gasteiger partial charge is 0.452 e. The molecule has 1 aliphatic heterocycles. The predicted octanol–water partition coefficient (Wildman–Crippen LogP) is 2.89. The molecule has 2 aromatic rings. The summed E-state index contributed by atoms with van der Waals surface area (Å²) in [5.74, 6) is -0.891. The van der Waals surface area contributed by atoms with Gasteiger partial charge in [-0.1, -0.05) is 29.3 Å². The van der Waals surface area contributed by atoms with Gasteiger partial charge in [0.15, 0.2) is 6.61 Å². The Bertz CT molecular complexity index is 808. The number of ether oxygens (including phenoxy) is 1. The number of rotatable bonds is 4. The molecule has 0 bridgehead atoms. The Morgan fingerprint density at radius 2 is 1.85 bits per heavy atom. The van der Waals surface area contributed by atoms with E-state index >= 15 is 0 Å². The van der Waals surface area contributed by atoms with E-state index in [1.165, 1.54) is 12.3 Å². The van der Waals surface area contributed by atoms with Crippen molar-refractivity contribution in [2.75, 3.05) is 37.7 Å². The Hall–Kier alpha value is -2.31. The van der Waals surface area contributed by atoms with E-state index in [0.717, 1.165) is 5.69 Å². The summed E-state index contributed by atoms with van der Waals surface area (Å²) >= 11 is 11.9. The van der Waals surface area contributed by atoms with E-state index in [-0.39, 0.29) is 23.2 Å². The highest BCUT2D eigenvalue weighted by atomic mass is 35.5. The summed E-state index contributed by atoms with van der Waals surface area (Å²) in [4.78, 5) is 31.9. The second-order valence-corrected chi connectivity index (χ2v) is 6.56. The third kappa shape index (κ3) is 4.45. The molecule has 136 valence electrons. The van der Waals surface area contributed by atoms with Crippen LogP contribution in [0.4, 0.5) is 5.69 Å². The van der Waals surface area contributed by atoms with Crippen LogP contribution in [0.3, 0.4) is 0 Å². The van der Waals surface area contributed by atoms with E-state index in [9.17, 15) is 9.59 Å². The molecule has 0 saturated carbocycles. The van der Waals surface area contributed by atoms with Gasteiger partial charge in [-0.25, -0.2) is 9.78 Å². The van der Waals surface area contributed by atoms with Crippen LogP contribution in [0.15, 0.2) is 42.6 Å². The smallest absolute Gasteiger partial charge is 0.341 e. The van der Waals surface area contributed by atoms with Gasteiger partial charge in [-0.05, 0) is 30.3 Å². The number of pyridine rings is 1. The van der Waals surface area contributed by atoms with Crippen LogP contribution in [0.25, 0.3) is 0 Å². The van der Waals surface area contributed by atoms with Gasteiger partial charge < -0.3 is 14.5 Å². The third-order valence-electron chi connectivity index (χ3n) is 4.11. The van der Waals surface area contributed by atoms with E-state index in [2.05, 4.69) is 9.88 Å². The molecule has 2 heterocycles.